The first-order valence-corrected chi connectivity index (χ1v) is 21.2. The van der Waals surface area contributed by atoms with Gasteiger partial charge in [0.25, 0.3) is 0 Å². The fourth-order valence-electron chi connectivity index (χ4n) is 5.90. The standard InChI is InChI=1S/C46H79NO5/c1-4-7-10-13-16-19-22-25-28-31-34-37-42(52-46(51)39-36-33-30-27-24-21-18-15-12-9-6-3)40-45(50)47-43(41-48)44(49)38-35-32-29-26-23-20-17-14-11-8-5-2/h7,10,13,15-16,18-19,22,25,28,31,34,42-44,48-49H,4-6,8-9,11-12,14,17,20-21,23-24,26-27,29-30,32-33,35-41H2,1-3H3,(H,47,50)/b10-7+,16-13+,18-15-,22-19-,28-25-,34-31+. The number of aliphatic hydroxyl groups excluding tert-OH is 2. The van der Waals surface area contributed by atoms with E-state index in [4.69, 9.17) is 4.74 Å². The van der Waals surface area contributed by atoms with Crippen molar-refractivity contribution in [1.29, 1.82) is 0 Å². The van der Waals surface area contributed by atoms with Crippen LogP contribution < -0.4 is 5.32 Å². The van der Waals surface area contributed by atoms with Crippen molar-refractivity contribution in [3.63, 3.8) is 0 Å². The van der Waals surface area contributed by atoms with Gasteiger partial charge in [0.05, 0.1) is 25.2 Å². The average molecular weight is 726 g/mol. The molecule has 3 N–H and O–H groups in total. The number of carbonyl (C=O) groups excluding carboxylic acids is 2. The van der Waals surface area contributed by atoms with Crippen LogP contribution in [0.5, 0.6) is 0 Å². The summed E-state index contributed by atoms with van der Waals surface area (Å²) in [6, 6.07) is -0.740. The smallest absolute Gasteiger partial charge is 0.306 e. The Hall–Kier alpha value is -2.70. The van der Waals surface area contributed by atoms with E-state index in [1.54, 1.807) is 0 Å². The van der Waals surface area contributed by atoms with Crippen LogP contribution >= 0.6 is 0 Å². The lowest BCUT2D eigenvalue weighted by Gasteiger charge is -2.24. The Morgan fingerprint density at radius 3 is 1.67 bits per heavy atom. The first kappa shape index (κ1) is 49.3. The van der Waals surface area contributed by atoms with E-state index < -0.39 is 18.2 Å². The Morgan fingerprint density at radius 2 is 1.10 bits per heavy atom. The number of esters is 1. The topological polar surface area (TPSA) is 95.9 Å². The largest absolute Gasteiger partial charge is 0.461 e. The molecule has 0 aromatic heterocycles. The molecule has 0 saturated heterocycles. The number of hydrogen-bond acceptors (Lipinski definition) is 5. The maximum atomic E-state index is 13.0. The van der Waals surface area contributed by atoms with E-state index in [0.29, 0.717) is 19.3 Å². The van der Waals surface area contributed by atoms with E-state index in [9.17, 15) is 19.8 Å². The summed E-state index contributed by atoms with van der Waals surface area (Å²) >= 11 is 0. The molecule has 298 valence electrons. The fourth-order valence-corrected chi connectivity index (χ4v) is 5.90. The van der Waals surface area contributed by atoms with Crippen LogP contribution in [-0.4, -0.2) is 46.9 Å². The van der Waals surface area contributed by atoms with Gasteiger partial charge in [-0.15, -0.1) is 0 Å². The number of ether oxygens (including phenoxy) is 1. The predicted molar refractivity (Wildman–Crippen MR) is 222 cm³/mol. The Bertz CT molecular complexity index is 995. The molecule has 0 heterocycles. The molecule has 6 nitrogen and oxygen atoms in total. The molecule has 0 radical (unpaired) electrons. The van der Waals surface area contributed by atoms with Gasteiger partial charge in [0.1, 0.15) is 6.10 Å². The molecule has 0 aliphatic heterocycles. The first-order chi connectivity index (χ1) is 25.5. The van der Waals surface area contributed by atoms with Gasteiger partial charge in [-0.3, -0.25) is 9.59 Å². The van der Waals surface area contributed by atoms with E-state index in [1.807, 2.05) is 54.7 Å². The zero-order chi connectivity index (χ0) is 38.2. The zero-order valence-electron chi connectivity index (χ0n) is 33.7. The van der Waals surface area contributed by atoms with Crippen molar-refractivity contribution in [3.8, 4) is 0 Å². The first-order valence-electron chi connectivity index (χ1n) is 21.2. The fraction of sp³-hybridized carbons (Fsp3) is 0.696. The number of rotatable bonds is 36. The van der Waals surface area contributed by atoms with Crippen molar-refractivity contribution in [2.24, 2.45) is 0 Å². The molecule has 0 aromatic carbocycles. The van der Waals surface area contributed by atoms with Gasteiger partial charge in [0.2, 0.25) is 5.91 Å². The molecule has 0 fully saturated rings. The summed E-state index contributed by atoms with van der Waals surface area (Å²) in [5.41, 5.74) is 0. The maximum Gasteiger partial charge on any atom is 0.306 e. The summed E-state index contributed by atoms with van der Waals surface area (Å²) in [5.74, 6) is -0.628. The summed E-state index contributed by atoms with van der Waals surface area (Å²) in [4.78, 5) is 25.8. The Balaban J connectivity index is 4.79. The highest BCUT2D eigenvalue weighted by molar-refractivity contribution is 5.77. The lowest BCUT2D eigenvalue weighted by molar-refractivity contribution is -0.150. The van der Waals surface area contributed by atoms with Crippen LogP contribution in [0.15, 0.2) is 72.9 Å². The van der Waals surface area contributed by atoms with Gasteiger partial charge < -0.3 is 20.3 Å². The van der Waals surface area contributed by atoms with E-state index in [1.165, 1.54) is 77.0 Å². The molecule has 0 spiro atoms. The number of hydrogen-bond donors (Lipinski definition) is 3. The third-order valence-electron chi connectivity index (χ3n) is 9.15. The van der Waals surface area contributed by atoms with Crippen molar-refractivity contribution >= 4 is 11.9 Å². The van der Waals surface area contributed by atoms with Gasteiger partial charge in [0, 0.05) is 12.8 Å². The van der Waals surface area contributed by atoms with Crippen LogP contribution in [0.3, 0.4) is 0 Å². The minimum absolute atomic E-state index is 0.0246. The summed E-state index contributed by atoms with van der Waals surface area (Å²) in [5, 5.41) is 23.5. The van der Waals surface area contributed by atoms with E-state index >= 15 is 0 Å². The van der Waals surface area contributed by atoms with Crippen LogP contribution in [0, 0.1) is 0 Å². The van der Waals surface area contributed by atoms with Crippen molar-refractivity contribution in [3.05, 3.63) is 72.9 Å². The molecule has 6 heteroatoms. The van der Waals surface area contributed by atoms with Gasteiger partial charge in [-0.05, 0) is 38.5 Å². The van der Waals surface area contributed by atoms with Crippen molar-refractivity contribution in [2.75, 3.05) is 6.61 Å². The molecule has 3 atom stereocenters. The van der Waals surface area contributed by atoms with Crippen LogP contribution in [0.2, 0.25) is 0 Å². The van der Waals surface area contributed by atoms with E-state index in [2.05, 4.69) is 44.3 Å². The number of amides is 1. The minimum Gasteiger partial charge on any atom is -0.461 e. The molecule has 52 heavy (non-hydrogen) atoms. The molecule has 0 aliphatic carbocycles. The van der Waals surface area contributed by atoms with Gasteiger partial charge in [0.15, 0.2) is 0 Å². The Morgan fingerprint density at radius 1 is 0.596 bits per heavy atom. The molecule has 0 saturated carbocycles. The second-order valence-corrected chi connectivity index (χ2v) is 14.1. The van der Waals surface area contributed by atoms with Crippen molar-refractivity contribution in [2.45, 2.75) is 200 Å². The van der Waals surface area contributed by atoms with Gasteiger partial charge in [-0.2, -0.15) is 0 Å². The molecule has 0 aromatic rings. The highest BCUT2D eigenvalue weighted by Crippen LogP contribution is 2.15. The monoisotopic (exact) mass is 726 g/mol. The number of nitrogens with one attached hydrogen (secondary N) is 1. The summed E-state index contributed by atoms with van der Waals surface area (Å²) in [7, 11) is 0. The van der Waals surface area contributed by atoms with E-state index in [0.717, 1.165) is 57.8 Å². The number of allylic oxidation sites excluding steroid dienone is 11. The predicted octanol–water partition coefficient (Wildman–Crippen LogP) is 11.9. The van der Waals surface area contributed by atoms with Crippen molar-refractivity contribution in [1.82, 2.24) is 5.32 Å². The molecule has 0 rings (SSSR count). The third kappa shape index (κ3) is 34.4. The molecule has 3 unspecified atom stereocenters. The second kappa shape index (κ2) is 39.5. The van der Waals surface area contributed by atoms with Crippen LogP contribution in [-0.2, 0) is 14.3 Å². The van der Waals surface area contributed by atoms with Crippen LogP contribution in [0.25, 0.3) is 0 Å². The summed E-state index contributed by atoms with van der Waals surface area (Å²) in [6.45, 7) is 6.22. The zero-order valence-corrected chi connectivity index (χ0v) is 33.7. The lowest BCUT2D eigenvalue weighted by Crippen LogP contribution is -2.46. The second-order valence-electron chi connectivity index (χ2n) is 14.1. The highest BCUT2D eigenvalue weighted by Gasteiger charge is 2.23. The molecular weight excluding hydrogens is 647 g/mol. The van der Waals surface area contributed by atoms with Gasteiger partial charge in [-0.1, -0.05) is 196 Å². The molecule has 0 aliphatic rings. The van der Waals surface area contributed by atoms with E-state index in [-0.39, 0.29) is 24.9 Å². The minimum atomic E-state index is -0.818. The lowest BCUT2D eigenvalue weighted by atomic mass is 10.0. The third-order valence-corrected chi connectivity index (χ3v) is 9.15. The molecule has 0 bridgehead atoms. The summed E-state index contributed by atoms with van der Waals surface area (Å²) < 4.78 is 5.79. The number of unbranched alkanes of at least 4 members (excludes halogenated alkanes) is 17. The van der Waals surface area contributed by atoms with Crippen molar-refractivity contribution < 1.29 is 24.5 Å². The van der Waals surface area contributed by atoms with Gasteiger partial charge >= 0.3 is 5.97 Å². The quantitative estimate of drug-likeness (QED) is 0.0259. The average Bonchev–Trinajstić information content (AvgIpc) is 3.13. The Labute approximate surface area is 320 Å². The normalized spacial score (nSPS) is 14.2. The maximum absolute atomic E-state index is 13.0. The van der Waals surface area contributed by atoms with Gasteiger partial charge in [-0.25, -0.2) is 0 Å². The SMILES string of the molecule is CC/C=C/C=C/C=C\C=C/C=C/CC(CC(=O)NC(CO)C(O)CCCCCCCCCCCCC)OC(=O)CCCCCCC/C=C\CCCC. The van der Waals surface area contributed by atoms with Crippen LogP contribution in [0.4, 0.5) is 0 Å². The number of carbonyl (C=O) groups is 2. The molecule has 1 amide bonds. The highest BCUT2D eigenvalue weighted by atomic mass is 16.5. The van der Waals surface area contributed by atoms with Crippen LogP contribution in [0.1, 0.15) is 181 Å². The number of aliphatic hydroxyl groups is 2. The Kier molecular flexibility index (Phi) is 37.5. The summed E-state index contributed by atoms with van der Waals surface area (Å²) in [6.07, 6.45) is 48.4. The molecular formula is C46H79NO5.